The topological polar surface area (TPSA) is 302 Å². The first-order chi connectivity index (χ1) is 63.7. The SMILES string of the molecule is CC[n+]1ccsc1N=Nc1ccc(N(C)C)cc1.CN(C)c1ccc(N=Nc2scc[n+]2C)c(Cl)c1.CN1CCOc2cc(N=Nc3scc[n+]3C)ccc21.COc1cc(N=Nc2n(C)cc[n+]2C)c(C)cc1N(C)C.COc1cc(N=Nc2n(C)cc[n+]2C)c(OC)cc1N.COc1cc(N=Nc2scc[n+]2C)ccc1N(C)C.Cc1cc(N=Nc2scc[n+]2C)ccc1N(C)C. The minimum atomic E-state index is 0.493. The number of nitrogen functional groups attached to an aromatic ring is 1. The van der Waals surface area contributed by atoms with E-state index in [-0.39, 0.29) is 0 Å². The van der Waals surface area contributed by atoms with E-state index in [1.165, 1.54) is 22.6 Å². The molecule has 0 unspecified atom stereocenters. The Bertz CT molecular complexity index is 6210. The van der Waals surface area contributed by atoms with Gasteiger partial charge in [-0.3, -0.25) is 0 Å². The van der Waals surface area contributed by atoms with Gasteiger partial charge in [-0.25, -0.2) is 41.1 Å². The summed E-state index contributed by atoms with van der Waals surface area (Å²) in [6, 6.07) is 38.9. The van der Waals surface area contributed by atoms with Gasteiger partial charge in [-0.2, -0.15) is 0 Å². The van der Waals surface area contributed by atoms with Gasteiger partial charge in [0, 0.05) is 162 Å². The molecule has 1 aliphatic heterocycles. The van der Waals surface area contributed by atoms with Crippen LogP contribution in [0.2, 0.25) is 5.02 Å². The summed E-state index contributed by atoms with van der Waals surface area (Å²) >= 11 is 14.0. The zero-order valence-electron chi connectivity index (χ0n) is 80.3. The Morgan fingerprint density at radius 1 is 0.383 bits per heavy atom. The number of aryl methyl sites for hydroxylation is 11. The second-order valence-corrected chi connectivity index (χ2v) is 35.4. The van der Waals surface area contributed by atoms with Gasteiger partial charge in [0.2, 0.25) is 0 Å². The van der Waals surface area contributed by atoms with Crippen LogP contribution in [0.25, 0.3) is 0 Å². The summed E-state index contributed by atoms with van der Waals surface area (Å²) in [6.45, 7) is 8.74. The number of halogens is 1. The van der Waals surface area contributed by atoms with Gasteiger partial charge in [0.1, 0.15) is 106 Å². The molecule has 14 aromatic rings. The minimum absolute atomic E-state index is 0.493. The van der Waals surface area contributed by atoms with Crippen LogP contribution in [0.5, 0.6) is 28.7 Å². The van der Waals surface area contributed by atoms with Crippen molar-refractivity contribution in [3.8, 4) is 28.7 Å². The number of methoxy groups -OCH3 is 4. The van der Waals surface area contributed by atoms with Crippen molar-refractivity contribution in [3.63, 3.8) is 0 Å². The maximum Gasteiger partial charge on any atom is 0.421 e. The highest BCUT2D eigenvalue weighted by Gasteiger charge is 2.21. The van der Waals surface area contributed by atoms with Gasteiger partial charge in [0.05, 0.1) is 176 Å². The maximum absolute atomic E-state index is 6.17. The van der Waals surface area contributed by atoms with E-state index in [0.29, 0.717) is 46.1 Å². The van der Waals surface area contributed by atoms with Gasteiger partial charge in [-0.05, 0) is 205 Å². The maximum atomic E-state index is 6.17. The molecule has 0 amide bonds. The van der Waals surface area contributed by atoms with E-state index in [2.05, 4.69) is 124 Å². The fourth-order valence-electron chi connectivity index (χ4n) is 12.1. The lowest BCUT2D eigenvalue weighted by molar-refractivity contribution is -0.676. The third kappa shape index (κ3) is 29.9. The Kier molecular flexibility index (Phi) is 39.1. The lowest BCUT2D eigenvalue weighted by atomic mass is 10.1. The minimum Gasteiger partial charge on any atom is -0.495 e. The van der Waals surface area contributed by atoms with Crippen molar-refractivity contribution in [2.45, 2.75) is 27.3 Å². The average Bonchev–Trinajstić information content (AvgIpc) is 1.65. The Morgan fingerprint density at radius 2 is 0.805 bits per heavy atom. The van der Waals surface area contributed by atoms with Gasteiger partial charge in [0.15, 0.2) is 0 Å². The largest absolute Gasteiger partial charge is 0.495 e. The van der Waals surface area contributed by atoms with Crippen molar-refractivity contribution in [2.75, 3.05) is 154 Å². The van der Waals surface area contributed by atoms with E-state index >= 15 is 0 Å². The van der Waals surface area contributed by atoms with Crippen LogP contribution in [-0.2, 0) is 62.9 Å². The number of imidazole rings is 2. The number of likely N-dealkylation sites (N-methyl/N-ethyl adjacent to an activating group) is 1. The van der Waals surface area contributed by atoms with Crippen molar-refractivity contribution in [1.82, 2.24) is 9.13 Å². The number of benzene rings is 7. The highest BCUT2D eigenvalue weighted by molar-refractivity contribution is 7.13. The molecule has 1 aliphatic rings. The van der Waals surface area contributed by atoms with Gasteiger partial charge in [-0.15, -0.1) is 0 Å². The first-order valence-electron chi connectivity index (χ1n) is 41.6. The number of hydrogen-bond acceptors (Lipinski definition) is 31. The van der Waals surface area contributed by atoms with Crippen molar-refractivity contribution < 1.29 is 55.7 Å². The second kappa shape index (κ2) is 50.6. The van der Waals surface area contributed by atoms with Crippen molar-refractivity contribution in [3.05, 3.63) is 220 Å². The lowest BCUT2D eigenvalue weighted by Crippen LogP contribution is -2.28. The monoisotopic (exact) mass is 1920 g/mol. The first-order valence-corrected chi connectivity index (χ1v) is 46.4. The Labute approximate surface area is 803 Å². The Balaban J connectivity index is 0.000000174. The molecule has 7 aromatic heterocycles. The highest BCUT2D eigenvalue weighted by Crippen LogP contribution is 2.40. The van der Waals surface area contributed by atoms with E-state index in [1.54, 1.807) is 85.9 Å². The lowest BCUT2D eigenvalue weighted by Gasteiger charge is -2.27. The molecule has 0 saturated carbocycles. The quantitative estimate of drug-likeness (QED) is 0.0335. The molecular weight excluding hydrogens is 1800 g/mol. The van der Waals surface area contributed by atoms with E-state index in [1.807, 2.05) is 365 Å². The average molecular weight is 1920 g/mol. The van der Waals surface area contributed by atoms with Crippen LogP contribution in [0.4, 0.5) is 117 Å². The fraction of sp³-hybridized carbons (Fsp3) is 0.315. The van der Waals surface area contributed by atoms with Crippen molar-refractivity contribution in [1.29, 1.82) is 0 Å². The summed E-state index contributed by atoms with van der Waals surface area (Å²) in [5, 5.41) is 74.4. The number of fused-ring (bicyclic) bond motifs is 1. The van der Waals surface area contributed by atoms with Gasteiger partial charge in [-0.1, -0.05) is 21.8 Å². The fourth-order valence-corrected chi connectivity index (χ4v) is 15.8. The number of ether oxygens (including phenoxy) is 5. The zero-order valence-corrected chi connectivity index (χ0v) is 85.1. The number of thiazole rings is 5. The zero-order chi connectivity index (χ0) is 96.5. The molecule has 15 rings (SSSR count). The normalized spacial score (nSPS) is 11.6. The summed E-state index contributed by atoms with van der Waals surface area (Å²) in [7, 11) is 44.0. The van der Waals surface area contributed by atoms with Gasteiger partial charge in [0.25, 0.3) is 0 Å². The third-order valence-electron chi connectivity index (χ3n) is 19.7. The molecule has 0 fully saturated rings. The van der Waals surface area contributed by atoms with Crippen LogP contribution in [0, 0.1) is 13.8 Å². The second-order valence-electron chi connectivity index (χ2n) is 30.6. The van der Waals surface area contributed by atoms with E-state index in [4.69, 9.17) is 41.0 Å². The first kappa shape index (κ1) is 103. The number of azo groups is 7. The number of anilines is 7. The standard InChI is InChI=1S/C15H22N5O.C13H17N5O2.C13H15N4OS.C13H17N4OS.2C13H17N4S.C12H14ClN4S/c1-11-9-13(18(2)3)14(21-6)10-12(11)16-17-15-19(4)7-8-20(15)5;1-17-5-6-18(2)13(17)16-15-10-8-11(19-3)9(14)7-12(10)20-4;1-16-5-7-18-12-9-10(3-4-11(12)16)14-15-13-17(2)6-8-19-13;1-16(2)11-6-5-10(9-12(11)18-4)14-15-13-17(3)7-8-19-13;1-10-9-11(5-6-12(10)16(2)3)14-15-13-17(4)7-8-18-13;1-4-17-9-10-18-13(17)15-14-11-5-7-12(8-6-11)16(2)3;1-16(2)9-4-5-11(10(13)8-9)14-15-12-17(3)6-7-18-12/h7-10H,1-6H3;5-8,14H,1-4H3;3-4,6,8-9H,5,7H2,1-2H3;5-9H,1-4H3;5-9H,1-4H3;5-10H,4H2,1-3H3;4-8H,1-3H3/q+1;;5*+1/p+1. The number of aromatic nitrogens is 9. The molecular formula is C92H120ClN30O5S5+7. The van der Waals surface area contributed by atoms with Crippen LogP contribution < -0.4 is 90.8 Å². The van der Waals surface area contributed by atoms with E-state index in [0.717, 1.165) is 124 Å². The predicted molar refractivity (Wildman–Crippen MR) is 535 cm³/mol. The molecule has 0 saturated heterocycles. The molecule has 133 heavy (non-hydrogen) atoms. The van der Waals surface area contributed by atoms with Crippen LogP contribution in [-0.4, -0.2) is 128 Å². The molecule has 2 N–H and O–H groups in total. The molecule has 41 heteroatoms. The number of hydrogen-bond donors (Lipinski definition) is 1. The van der Waals surface area contributed by atoms with E-state index < -0.39 is 0 Å². The van der Waals surface area contributed by atoms with Gasteiger partial charge < -0.3 is 58.8 Å². The molecule has 8 heterocycles. The smallest absolute Gasteiger partial charge is 0.421 e. The molecule has 0 spiro atoms. The molecule has 698 valence electrons. The van der Waals surface area contributed by atoms with Crippen molar-refractivity contribution in [2.24, 2.45) is 128 Å². The molecule has 0 aliphatic carbocycles. The summed E-state index contributed by atoms with van der Waals surface area (Å²) in [6.07, 6.45) is 17.5. The summed E-state index contributed by atoms with van der Waals surface area (Å²) in [4.78, 5) is 12.3. The molecule has 35 nitrogen and oxygen atoms in total. The predicted octanol–water partition coefficient (Wildman–Crippen LogP) is 21.0. The Hall–Kier alpha value is -13.8. The summed E-state index contributed by atoms with van der Waals surface area (Å²) in [5.41, 5.74) is 20.5. The highest BCUT2D eigenvalue weighted by atomic mass is 35.5. The number of nitrogens with zero attached hydrogens (tertiary/aromatic N) is 29. The van der Waals surface area contributed by atoms with E-state index in [9.17, 15) is 0 Å². The van der Waals surface area contributed by atoms with Crippen LogP contribution >= 0.6 is 68.3 Å². The third-order valence-corrected chi connectivity index (χ3v) is 24.2. The molecule has 0 atom stereocenters. The summed E-state index contributed by atoms with van der Waals surface area (Å²) in [5.74, 6) is 5.03. The van der Waals surface area contributed by atoms with Crippen LogP contribution in [0.3, 0.4) is 0 Å². The van der Waals surface area contributed by atoms with Crippen molar-refractivity contribution >= 4 is 185 Å². The number of rotatable bonds is 24. The van der Waals surface area contributed by atoms with Crippen LogP contribution in [0.15, 0.2) is 276 Å². The van der Waals surface area contributed by atoms with Crippen LogP contribution in [0.1, 0.15) is 18.1 Å². The Morgan fingerprint density at radius 3 is 1.26 bits per heavy atom. The summed E-state index contributed by atoms with van der Waals surface area (Å²) < 4.78 is 44.3. The molecule has 7 aromatic carbocycles. The molecule has 0 bridgehead atoms. The number of nitrogens with two attached hydrogens (primary N) is 1. The van der Waals surface area contributed by atoms with Gasteiger partial charge >= 0.3 is 37.6 Å². The molecule has 0 radical (unpaired) electrons.